The lowest BCUT2D eigenvalue weighted by atomic mass is 9.98. The molecule has 0 amide bonds. The van der Waals surface area contributed by atoms with Gasteiger partial charge in [0, 0.05) is 12.8 Å². The second-order valence-corrected chi connectivity index (χ2v) is 18.8. The van der Waals surface area contributed by atoms with E-state index >= 15 is 0 Å². The highest BCUT2D eigenvalue weighted by molar-refractivity contribution is 5.74. The van der Waals surface area contributed by atoms with E-state index < -0.39 is 67.3 Å². The fraction of sp³-hybridized carbons (Fsp3) is 0.672. The maximum Gasteiger partial charge on any atom is 0.335 e. The number of aliphatic carboxylic acids is 1. The van der Waals surface area contributed by atoms with Crippen LogP contribution in [0.15, 0.2) is 97.2 Å². The molecule has 414 valence electrons. The van der Waals surface area contributed by atoms with Gasteiger partial charge >= 0.3 is 23.9 Å². The standard InChI is InChI=1S/C61H98O12/c1-4-7-10-13-16-19-22-25-27-30-32-35-38-41-44-47-53(62)69-50-52(71-54(63)48-45-42-39-36-33-29-24-21-18-15-12-9-6-3)51-70-61-59(57(66)56(65)58(73-61)60(67)68)72-55(64)49-46-43-40-37-34-31-28-26-23-20-17-14-11-8-5-2/h7,10,12,15-16,19,21,24-28,32,35,41,44,52,56-59,61,65-66H,4-6,8-9,11,13-14,17-18,20,22-23,29-31,33-34,36-40,42-43,45-51H2,1-3H3,(H,67,68)/b10-7-,15-12-,19-16-,24-21-,27-25-,28-26-,35-32-,44-41-. The van der Waals surface area contributed by atoms with Crippen LogP contribution in [0.2, 0.25) is 0 Å². The Morgan fingerprint density at radius 3 is 1.45 bits per heavy atom. The Bertz CT molecular complexity index is 1640. The zero-order valence-electron chi connectivity index (χ0n) is 45.3. The Balaban J connectivity index is 2.78. The third-order valence-electron chi connectivity index (χ3n) is 12.1. The highest BCUT2D eigenvalue weighted by Crippen LogP contribution is 2.26. The van der Waals surface area contributed by atoms with Crippen LogP contribution < -0.4 is 0 Å². The SMILES string of the molecule is CC/C=C\C/C=C\C/C=C\C/C=C\C/C=C\CC(=O)OCC(COC1OC(C(=O)O)C(O)C(O)C1OC(=O)CCCCCCC/C=C\CCCCCCCC)OC(=O)CCCCCCC/C=C\C/C=C\CCC. The van der Waals surface area contributed by atoms with E-state index in [0.29, 0.717) is 19.3 Å². The van der Waals surface area contributed by atoms with Crippen molar-refractivity contribution in [2.24, 2.45) is 0 Å². The van der Waals surface area contributed by atoms with E-state index in [9.17, 15) is 34.5 Å². The number of carboxylic acids is 1. The normalized spacial score (nSPS) is 19.1. The van der Waals surface area contributed by atoms with Crippen LogP contribution in [-0.2, 0) is 42.9 Å². The Hall–Kier alpha value is -4.36. The molecule has 6 atom stereocenters. The highest BCUT2D eigenvalue weighted by Gasteiger charge is 2.50. The molecule has 73 heavy (non-hydrogen) atoms. The molecule has 3 N–H and O–H groups in total. The van der Waals surface area contributed by atoms with Crippen LogP contribution in [0.25, 0.3) is 0 Å². The zero-order valence-corrected chi connectivity index (χ0v) is 45.3. The van der Waals surface area contributed by atoms with Crippen LogP contribution in [0.1, 0.15) is 213 Å². The molecule has 6 unspecified atom stereocenters. The second-order valence-electron chi connectivity index (χ2n) is 18.8. The van der Waals surface area contributed by atoms with Crippen LogP contribution in [0.3, 0.4) is 0 Å². The lowest BCUT2D eigenvalue weighted by molar-refractivity contribution is -0.301. The first-order valence-electron chi connectivity index (χ1n) is 28.2. The van der Waals surface area contributed by atoms with Gasteiger partial charge in [-0.15, -0.1) is 0 Å². The predicted octanol–water partition coefficient (Wildman–Crippen LogP) is 14.1. The monoisotopic (exact) mass is 1020 g/mol. The Morgan fingerprint density at radius 2 is 0.932 bits per heavy atom. The first-order chi connectivity index (χ1) is 35.6. The summed E-state index contributed by atoms with van der Waals surface area (Å²) >= 11 is 0. The van der Waals surface area contributed by atoms with Crippen LogP contribution in [0.4, 0.5) is 0 Å². The van der Waals surface area contributed by atoms with Gasteiger partial charge in [0.2, 0.25) is 0 Å². The van der Waals surface area contributed by atoms with Crippen LogP contribution in [0, 0.1) is 0 Å². The molecule has 12 heteroatoms. The van der Waals surface area contributed by atoms with E-state index in [1.54, 1.807) is 6.08 Å². The molecule has 1 aliphatic rings. The second kappa shape index (κ2) is 48.6. The molecule has 0 aromatic carbocycles. The van der Waals surface area contributed by atoms with Gasteiger partial charge in [-0.25, -0.2) is 4.79 Å². The van der Waals surface area contributed by atoms with Crippen molar-refractivity contribution in [1.29, 1.82) is 0 Å². The van der Waals surface area contributed by atoms with Crippen LogP contribution in [-0.4, -0.2) is 89.2 Å². The smallest absolute Gasteiger partial charge is 0.335 e. The van der Waals surface area contributed by atoms with E-state index in [1.807, 2.05) is 12.2 Å². The molecule has 0 aromatic rings. The lowest BCUT2D eigenvalue weighted by Gasteiger charge is -2.40. The Kier molecular flexibility index (Phi) is 44.4. The van der Waals surface area contributed by atoms with E-state index in [1.165, 1.54) is 38.5 Å². The molecule has 0 bridgehead atoms. The molecule has 1 saturated heterocycles. The summed E-state index contributed by atoms with van der Waals surface area (Å²) in [5.74, 6) is -3.32. The van der Waals surface area contributed by atoms with Crippen molar-refractivity contribution in [2.45, 2.75) is 250 Å². The molecule has 0 saturated carbocycles. The van der Waals surface area contributed by atoms with Gasteiger partial charge in [0.1, 0.15) is 18.8 Å². The van der Waals surface area contributed by atoms with Crippen LogP contribution >= 0.6 is 0 Å². The minimum Gasteiger partial charge on any atom is -0.479 e. The first kappa shape index (κ1) is 66.7. The Morgan fingerprint density at radius 1 is 0.479 bits per heavy atom. The number of carbonyl (C=O) groups excluding carboxylic acids is 3. The van der Waals surface area contributed by atoms with E-state index in [4.69, 9.17) is 23.7 Å². The van der Waals surface area contributed by atoms with Crippen molar-refractivity contribution >= 4 is 23.9 Å². The molecular weight excluding hydrogens is 925 g/mol. The largest absolute Gasteiger partial charge is 0.479 e. The van der Waals surface area contributed by atoms with Gasteiger partial charge < -0.3 is 39.0 Å². The maximum atomic E-state index is 13.1. The first-order valence-corrected chi connectivity index (χ1v) is 28.2. The summed E-state index contributed by atoms with van der Waals surface area (Å²) in [6.45, 7) is 5.68. The van der Waals surface area contributed by atoms with E-state index in [-0.39, 0.29) is 25.9 Å². The molecule has 0 aliphatic carbocycles. The summed E-state index contributed by atoms with van der Waals surface area (Å²) in [5, 5.41) is 31.4. The van der Waals surface area contributed by atoms with Gasteiger partial charge in [-0.1, -0.05) is 195 Å². The van der Waals surface area contributed by atoms with Crippen molar-refractivity contribution < 1.29 is 58.2 Å². The number of ether oxygens (including phenoxy) is 5. The van der Waals surface area contributed by atoms with Gasteiger partial charge in [-0.3, -0.25) is 14.4 Å². The summed E-state index contributed by atoms with van der Waals surface area (Å²) in [6, 6.07) is 0. The maximum absolute atomic E-state index is 13.1. The van der Waals surface area contributed by atoms with Crippen molar-refractivity contribution in [3.8, 4) is 0 Å². The minimum atomic E-state index is -1.92. The van der Waals surface area contributed by atoms with Gasteiger partial charge in [0.25, 0.3) is 0 Å². The van der Waals surface area contributed by atoms with Gasteiger partial charge in [-0.2, -0.15) is 0 Å². The summed E-state index contributed by atoms with van der Waals surface area (Å²) in [7, 11) is 0. The number of unbranched alkanes of at least 4 members (excludes halogenated alkanes) is 17. The molecule has 1 aliphatic heterocycles. The molecule has 1 rings (SSSR count). The Labute approximate surface area is 441 Å². The number of hydrogen-bond acceptors (Lipinski definition) is 11. The summed E-state index contributed by atoms with van der Waals surface area (Å²) in [4.78, 5) is 50.9. The van der Waals surface area contributed by atoms with Crippen molar-refractivity contribution in [1.82, 2.24) is 0 Å². The minimum absolute atomic E-state index is 0.0221. The number of esters is 3. The average Bonchev–Trinajstić information content (AvgIpc) is 3.37. The topological polar surface area (TPSA) is 175 Å². The van der Waals surface area contributed by atoms with Crippen molar-refractivity contribution in [3.63, 3.8) is 0 Å². The average molecular weight is 1020 g/mol. The summed E-state index contributed by atoms with van der Waals surface area (Å²) in [6.07, 6.45) is 51.2. The van der Waals surface area contributed by atoms with E-state index in [2.05, 4.69) is 99.8 Å². The third kappa shape index (κ3) is 38.8. The number of aliphatic hydroxyl groups excluding tert-OH is 2. The van der Waals surface area contributed by atoms with Gasteiger partial charge in [-0.05, 0) is 96.3 Å². The van der Waals surface area contributed by atoms with Crippen molar-refractivity contribution in [2.75, 3.05) is 13.2 Å². The number of carboxylic acid groups (broad SMARTS) is 1. The van der Waals surface area contributed by atoms with E-state index in [0.717, 1.165) is 116 Å². The molecular formula is C61H98O12. The summed E-state index contributed by atoms with van der Waals surface area (Å²) in [5.41, 5.74) is 0. The number of carbonyl (C=O) groups is 4. The third-order valence-corrected chi connectivity index (χ3v) is 12.1. The zero-order chi connectivity index (χ0) is 53.3. The molecule has 12 nitrogen and oxygen atoms in total. The quantitative estimate of drug-likeness (QED) is 0.0228. The number of rotatable bonds is 46. The fourth-order valence-electron chi connectivity index (χ4n) is 7.82. The predicted molar refractivity (Wildman–Crippen MR) is 294 cm³/mol. The van der Waals surface area contributed by atoms with Crippen molar-refractivity contribution in [3.05, 3.63) is 97.2 Å². The molecule has 0 spiro atoms. The fourth-order valence-corrected chi connectivity index (χ4v) is 7.82. The highest BCUT2D eigenvalue weighted by atomic mass is 16.7. The molecule has 1 fully saturated rings. The van der Waals surface area contributed by atoms with Gasteiger partial charge in [0.05, 0.1) is 13.0 Å². The molecule has 1 heterocycles. The van der Waals surface area contributed by atoms with Gasteiger partial charge in [0.15, 0.2) is 24.6 Å². The summed E-state index contributed by atoms with van der Waals surface area (Å²) < 4.78 is 28.2. The lowest BCUT2D eigenvalue weighted by Crippen LogP contribution is -2.61. The number of hydrogen-bond donors (Lipinski definition) is 3. The van der Waals surface area contributed by atoms with Crippen LogP contribution in [0.5, 0.6) is 0 Å². The number of aliphatic hydroxyl groups is 2. The molecule has 0 aromatic heterocycles. The number of allylic oxidation sites excluding steroid dienone is 15. The molecule has 0 radical (unpaired) electrons.